The zero-order valence-corrected chi connectivity index (χ0v) is 13.9. The SMILES string of the molecule is O[C@@H](c1ccccc1)[C@H]1[C@@H](I)[C@H]1COCc1ccccc1. The molecule has 0 amide bonds. The van der Waals surface area contributed by atoms with Crippen LogP contribution in [0.5, 0.6) is 0 Å². The molecule has 0 bridgehead atoms. The quantitative estimate of drug-likeness (QED) is 0.593. The summed E-state index contributed by atoms with van der Waals surface area (Å²) in [4.78, 5) is 0. The Bertz CT molecular complexity index is 558. The summed E-state index contributed by atoms with van der Waals surface area (Å²) < 4.78 is 6.31. The van der Waals surface area contributed by atoms with Gasteiger partial charge in [-0.1, -0.05) is 83.3 Å². The molecule has 0 heterocycles. The van der Waals surface area contributed by atoms with Crippen molar-refractivity contribution in [3.8, 4) is 0 Å². The average molecular weight is 394 g/mol. The van der Waals surface area contributed by atoms with E-state index < -0.39 is 0 Å². The van der Waals surface area contributed by atoms with Crippen LogP contribution in [-0.2, 0) is 11.3 Å². The molecule has 1 N–H and O–H groups in total. The lowest BCUT2D eigenvalue weighted by Crippen LogP contribution is -2.05. The van der Waals surface area contributed by atoms with Gasteiger partial charge in [-0.15, -0.1) is 0 Å². The highest BCUT2D eigenvalue weighted by atomic mass is 127. The van der Waals surface area contributed by atoms with Gasteiger partial charge in [-0.2, -0.15) is 0 Å². The molecule has 0 aromatic heterocycles. The standard InChI is InChI=1S/C18H19IO2/c19-17-15(12-21-11-13-7-3-1-4-8-13)16(17)18(20)14-9-5-2-6-10-14/h1-10,15-18,20H,11-12H2/t15-,16+,17-,18-/m0/s1. The maximum absolute atomic E-state index is 10.5. The lowest BCUT2D eigenvalue weighted by Gasteiger charge is -2.10. The molecule has 4 atom stereocenters. The number of benzene rings is 2. The van der Waals surface area contributed by atoms with E-state index in [1.165, 1.54) is 5.56 Å². The predicted molar refractivity (Wildman–Crippen MR) is 92.3 cm³/mol. The van der Waals surface area contributed by atoms with Crippen molar-refractivity contribution in [2.24, 2.45) is 11.8 Å². The summed E-state index contributed by atoms with van der Waals surface area (Å²) in [5.41, 5.74) is 2.21. The molecular formula is C18H19IO2. The number of ether oxygens (including phenoxy) is 1. The second kappa shape index (κ2) is 6.90. The van der Waals surface area contributed by atoms with E-state index in [1.807, 2.05) is 48.5 Å². The first-order valence-corrected chi connectivity index (χ1v) is 8.50. The average Bonchev–Trinajstić information content (AvgIpc) is 3.18. The molecule has 2 aromatic rings. The number of hydrogen-bond acceptors (Lipinski definition) is 2. The second-order valence-electron chi connectivity index (χ2n) is 5.54. The Kier molecular flexibility index (Phi) is 4.93. The molecule has 0 spiro atoms. The number of aliphatic hydroxyl groups is 1. The van der Waals surface area contributed by atoms with Gasteiger partial charge in [0.2, 0.25) is 0 Å². The summed E-state index contributed by atoms with van der Waals surface area (Å²) in [5.74, 6) is 0.758. The van der Waals surface area contributed by atoms with Crippen LogP contribution in [0.3, 0.4) is 0 Å². The van der Waals surface area contributed by atoms with E-state index in [0.29, 0.717) is 22.4 Å². The van der Waals surface area contributed by atoms with Crippen LogP contribution in [0.15, 0.2) is 60.7 Å². The zero-order valence-electron chi connectivity index (χ0n) is 11.7. The lowest BCUT2D eigenvalue weighted by atomic mass is 10.0. The number of aliphatic hydroxyl groups excluding tert-OH is 1. The first-order chi connectivity index (χ1) is 10.3. The van der Waals surface area contributed by atoms with Gasteiger partial charge in [0.15, 0.2) is 0 Å². The van der Waals surface area contributed by atoms with Crippen molar-refractivity contribution in [1.82, 2.24) is 0 Å². The first-order valence-electron chi connectivity index (χ1n) is 7.26. The smallest absolute Gasteiger partial charge is 0.0832 e. The largest absolute Gasteiger partial charge is 0.388 e. The Hall–Kier alpha value is -0.910. The van der Waals surface area contributed by atoms with Gasteiger partial charge in [0.1, 0.15) is 0 Å². The molecule has 3 heteroatoms. The fourth-order valence-electron chi connectivity index (χ4n) is 2.73. The summed E-state index contributed by atoms with van der Waals surface area (Å²) in [6.45, 7) is 1.37. The van der Waals surface area contributed by atoms with Crippen molar-refractivity contribution in [2.45, 2.75) is 16.6 Å². The van der Waals surface area contributed by atoms with Gasteiger partial charge < -0.3 is 9.84 Å². The summed E-state index contributed by atoms with van der Waals surface area (Å²) in [5, 5.41) is 10.5. The van der Waals surface area contributed by atoms with Crippen molar-refractivity contribution >= 4 is 22.6 Å². The van der Waals surface area contributed by atoms with Crippen molar-refractivity contribution in [1.29, 1.82) is 0 Å². The highest BCUT2D eigenvalue weighted by molar-refractivity contribution is 14.1. The Labute approximate surface area is 139 Å². The summed E-state index contributed by atoms with van der Waals surface area (Å²) >= 11 is 2.43. The van der Waals surface area contributed by atoms with Gasteiger partial charge in [-0.3, -0.25) is 0 Å². The van der Waals surface area contributed by atoms with E-state index in [1.54, 1.807) is 0 Å². The maximum atomic E-state index is 10.5. The predicted octanol–water partition coefficient (Wildman–Crippen LogP) is 3.99. The first kappa shape index (κ1) is 15.0. The fraction of sp³-hybridized carbons (Fsp3) is 0.333. The van der Waals surface area contributed by atoms with E-state index in [-0.39, 0.29) is 6.10 Å². The Morgan fingerprint density at radius 3 is 2.29 bits per heavy atom. The van der Waals surface area contributed by atoms with Crippen LogP contribution in [0.25, 0.3) is 0 Å². The Balaban J connectivity index is 1.50. The maximum Gasteiger partial charge on any atom is 0.0832 e. The highest BCUT2D eigenvalue weighted by Crippen LogP contribution is 2.52. The van der Waals surface area contributed by atoms with Crippen molar-refractivity contribution in [3.63, 3.8) is 0 Å². The minimum absolute atomic E-state index is 0.309. The third kappa shape index (κ3) is 3.65. The van der Waals surface area contributed by atoms with Crippen LogP contribution in [0.2, 0.25) is 0 Å². The molecule has 0 unspecified atom stereocenters. The van der Waals surface area contributed by atoms with Gasteiger partial charge >= 0.3 is 0 Å². The van der Waals surface area contributed by atoms with Crippen LogP contribution >= 0.6 is 22.6 Å². The van der Waals surface area contributed by atoms with Crippen LogP contribution in [0, 0.1) is 11.8 Å². The van der Waals surface area contributed by atoms with Crippen molar-refractivity contribution in [2.75, 3.05) is 6.61 Å². The second-order valence-corrected chi connectivity index (χ2v) is 6.98. The normalized spacial score (nSPS) is 25.5. The van der Waals surface area contributed by atoms with Gasteiger partial charge in [0, 0.05) is 15.8 Å². The Morgan fingerprint density at radius 1 is 1.00 bits per heavy atom. The molecule has 2 aromatic carbocycles. The lowest BCUT2D eigenvalue weighted by molar-refractivity contribution is 0.0902. The Morgan fingerprint density at radius 2 is 1.62 bits per heavy atom. The minimum atomic E-state index is -0.376. The number of alkyl halides is 1. The van der Waals surface area contributed by atoms with Crippen LogP contribution < -0.4 is 0 Å². The molecule has 1 fully saturated rings. The van der Waals surface area contributed by atoms with Gasteiger partial charge in [-0.05, 0) is 11.1 Å². The molecule has 1 saturated carbocycles. The summed E-state index contributed by atoms with van der Waals surface area (Å²) in [6, 6.07) is 20.1. The monoisotopic (exact) mass is 394 g/mol. The third-order valence-electron chi connectivity index (χ3n) is 4.06. The number of rotatable bonds is 6. The molecule has 0 saturated heterocycles. The van der Waals surface area contributed by atoms with E-state index in [2.05, 4.69) is 34.7 Å². The number of hydrogen-bond donors (Lipinski definition) is 1. The molecule has 3 rings (SSSR count). The van der Waals surface area contributed by atoms with E-state index in [9.17, 15) is 5.11 Å². The summed E-state index contributed by atoms with van der Waals surface area (Å²) in [6.07, 6.45) is -0.376. The van der Waals surface area contributed by atoms with Crippen molar-refractivity contribution in [3.05, 3.63) is 71.8 Å². The molecule has 110 valence electrons. The van der Waals surface area contributed by atoms with Crippen LogP contribution in [-0.4, -0.2) is 15.6 Å². The van der Waals surface area contributed by atoms with Crippen LogP contribution in [0.1, 0.15) is 17.2 Å². The van der Waals surface area contributed by atoms with E-state index in [0.717, 1.165) is 12.2 Å². The zero-order chi connectivity index (χ0) is 14.7. The molecule has 0 radical (unpaired) electrons. The fourth-order valence-corrected chi connectivity index (χ4v) is 4.10. The number of halogens is 1. The third-order valence-corrected chi connectivity index (χ3v) is 5.81. The molecule has 2 nitrogen and oxygen atoms in total. The van der Waals surface area contributed by atoms with E-state index >= 15 is 0 Å². The van der Waals surface area contributed by atoms with Gasteiger partial charge in [0.25, 0.3) is 0 Å². The van der Waals surface area contributed by atoms with E-state index in [4.69, 9.17) is 4.74 Å². The van der Waals surface area contributed by atoms with Gasteiger partial charge in [0.05, 0.1) is 19.3 Å². The minimum Gasteiger partial charge on any atom is -0.388 e. The van der Waals surface area contributed by atoms with Gasteiger partial charge in [-0.25, -0.2) is 0 Å². The topological polar surface area (TPSA) is 29.5 Å². The molecule has 0 aliphatic heterocycles. The van der Waals surface area contributed by atoms with Crippen molar-refractivity contribution < 1.29 is 9.84 Å². The summed E-state index contributed by atoms with van der Waals surface area (Å²) in [7, 11) is 0. The molecule has 1 aliphatic rings. The van der Waals surface area contributed by atoms with Crippen LogP contribution in [0.4, 0.5) is 0 Å². The molecule has 1 aliphatic carbocycles. The highest BCUT2D eigenvalue weighted by Gasteiger charge is 2.52. The molecular weight excluding hydrogens is 375 g/mol. The molecule has 21 heavy (non-hydrogen) atoms.